The van der Waals surface area contributed by atoms with Crippen molar-refractivity contribution < 1.29 is 24.5 Å². The van der Waals surface area contributed by atoms with Crippen LogP contribution in [0.4, 0.5) is 0 Å². The fraction of sp³-hybridized carbons (Fsp3) is 0.304. The molecule has 1 unspecified atom stereocenters. The SMILES string of the molecule is CCOc1ccc(C2c3c(-c4ccccc4O)n[nH]c3C(=O)N2CCCO)cc1OC. The lowest BCUT2D eigenvalue weighted by Gasteiger charge is -2.27. The maximum atomic E-state index is 13.2. The molecule has 4 rings (SSSR count). The quantitative estimate of drug-likeness (QED) is 0.514. The number of methoxy groups -OCH3 is 1. The number of aromatic hydroxyl groups is 1. The summed E-state index contributed by atoms with van der Waals surface area (Å²) < 4.78 is 11.1. The lowest BCUT2D eigenvalue weighted by atomic mass is 9.95. The molecule has 0 fully saturated rings. The molecule has 0 aliphatic carbocycles. The van der Waals surface area contributed by atoms with E-state index in [2.05, 4.69) is 10.2 Å². The minimum absolute atomic E-state index is 0.0262. The van der Waals surface area contributed by atoms with Crippen LogP contribution in [0.3, 0.4) is 0 Å². The van der Waals surface area contributed by atoms with Crippen molar-refractivity contribution in [3.8, 4) is 28.5 Å². The Morgan fingerprint density at radius 1 is 1.19 bits per heavy atom. The van der Waals surface area contributed by atoms with Gasteiger partial charge in [-0.25, -0.2) is 0 Å². The number of hydrogen-bond donors (Lipinski definition) is 3. The van der Waals surface area contributed by atoms with Gasteiger partial charge in [0.2, 0.25) is 0 Å². The third-order valence-corrected chi connectivity index (χ3v) is 5.38. The van der Waals surface area contributed by atoms with Crippen molar-refractivity contribution in [3.05, 3.63) is 59.3 Å². The Morgan fingerprint density at radius 3 is 2.71 bits per heavy atom. The third kappa shape index (κ3) is 3.59. The topological polar surface area (TPSA) is 108 Å². The van der Waals surface area contributed by atoms with Gasteiger partial charge in [0.05, 0.1) is 19.8 Å². The second-order valence-electron chi connectivity index (χ2n) is 7.20. The van der Waals surface area contributed by atoms with Gasteiger partial charge in [-0.05, 0) is 43.2 Å². The number of carbonyl (C=O) groups is 1. The van der Waals surface area contributed by atoms with E-state index in [-0.39, 0.29) is 18.3 Å². The summed E-state index contributed by atoms with van der Waals surface area (Å²) in [5, 5.41) is 27.0. The highest BCUT2D eigenvalue weighted by Crippen LogP contribution is 2.45. The molecule has 3 aromatic rings. The van der Waals surface area contributed by atoms with Crippen LogP contribution < -0.4 is 9.47 Å². The summed E-state index contributed by atoms with van der Waals surface area (Å²) in [4.78, 5) is 14.9. The number of H-pyrrole nitrogens is 1. The fourth-order valence-electron chi connectivity index (χ4n) is 4.02. The number of phenols is 1. The number of aliphatic hydroxyl groups is 1. The Hall–Kier alpha value is -3.52. The first-order valence-electron chi connectivity index (χ1n) is 10.2. The predicted molar refractivity (Wildman–Crippen MR) is 114 cm³/mol. The molecule has 1 aliphatic heterocycles. The van der Waals surface area contributed by atoms with Crippen LogP contribution in [0.2, 0.25) is 0 Å². The van der Waals surface area contributed by atoms with E-state index in [1.54, 1.807) is 30.2 Å². The van der Waals surface area contributed by atoms with Gasteiger partial charge >= 0.3 is 0 Å². The maximum absolute atomic E-state index is 13.2. The first-order chi connectivity index (χ1) is 15.1. The minimum Gasteiger partial charge on any atom is -0.507 e. The summed E-state index contributed by atoms with van der Waals surface area (Å²) in [6.45, 7) is 2.75. The monoisotopic (exact) mass is 423 g/mol. The van der Waals surface area contributed by atoms with E-state index in [1.165, 1.54) is 0 Å². The van der Waals surface area contributed by atoms with Crippen molar-refractivity contribution in [3.63, 3.8) is 0 Å². The van der Waals surface area contributed by atoms with Crippen LogP contribution in [-0.2, 0) is 0 Å². The number of benzene rings is 2. The van der Waals surface area contributed by atoms with E-state index in [1.807, 2.05) is 31.2 Å². The van der Waals surface area contributed by atoms with Crippen LogP contribution in [0.15, 0.2) is 42.5 Å². The summed E-state index contributed by atoms with van der Waals surface area (Å²) in [5.41, 5.74) is 2.96. The number of amides is 1. The van der Waals surface area contributed by atoms with E-state index >= 15 is 0 Å². The minimum atomic E-state index is -0.452. The number of aromatic nitrogens is 2. The second kappa shape index (κ2) is 8.69. The normalized spacial score (nSPS) is 15.3. The highest BCUT2D eigenvalue weighted by atomic mass is 16.5. The Labute approximate surface area is 180 Å². The molecule has 0 radical (unpaired) electrons. The van der Waals surface area contributed by atoms with Gasteiger partial charge in [-0.1, -0.05) is 18.2 Å². The number of ether oxygens (including phenoxy) is 2. The highest BCUT2D eigenvalue weighted by Gasteiger charge is 2.42. The van der Waals surface area contributed by atoms with E-state index in [4.69, 9.17) is 9.47 Å². The number of aromatic amines is 1. The van der Waals surface area contributed by atoms with Crippen molar-refractivity contribution in [2.75, 3.05) is 26.9 Å². The van der Waals surface area contributed by atoms with Crippen molar-refractivity contribution in [1.82, 2.24) is 15.1 Å². The number of phenolic OH excluding ortho intramolecular Hbond substituents is 1. The Bertz CT molecular complexity index is 1090. The Kier molecular flexibility index (Phi) is 5.81. The van der Waals surface area contributed by atoms with Gasteiger partial charge in [-0.2, -0.15) is 5.10 Å². The molecule has 1 aliphatic rings. The molecule has 1 atom stereocenters. The number of hydrogen-bond acceptors (Lipinski definition) is 6. The van der Waals surface area contributed by atoms with Crippen LogP contribution in [0, 0.1) is 0 Å². The first-order valence-corrected chi connectivity index (χ1v) is 10.2. The van der Waals surface area contributed by atoms with Crippen molar-refractivity contribution in [2.24, 2.45) is 0 Å². The summed E-state index contributed by atoms with van der Waals surface area (Å²) in [7, 11) is 1.57. The zero-order valence-corrected chi connectivity index (χ0v) is 17.5. The van der Waals surface area contributed by atoms with Gasteiger partial charge in [0.15, 0.2) is 11.5 Å². The number of para-hydroxylation sites is 1. The van der Waals surface area contributed by atoms with Gasteiger partial charge in [0.1, 0.15) is 17.1 Å². The molecule has 3 N–H and O–H groups in total. The number of aliphatic hydroxyl groups excluding tert-OH is 1. The average molecular weight is 423 g/mol. The molecule has 8 heteroatoms. The third-order valence-electron chi connectivity index (χ3n) is 5.38. The smallest absolute Gasteiger partial charge is 0.273 e. The van der Waals surface area contributed by atoms with E-state index < -0.39 is 6.04 Å². The molecule has 0 bridgehead atoms. The largest absolute Gasteiger partial charge is 0.507 e. The molecule has 31 heavy (non-hydrogen) atoms. The second-order valence-corrected chi connectivity index (χ2v) is 7.20. The number of nitrogens with one attached hydrogen (secondary N) is 1. The molecule has 1 aromatic heterocycles. The van der Waals surface area contributed by atoms with E-state index in [9.17, 15) is 15.0 Å². The van der Waals surface area contributed by atoms with Crippen LogP contribution in [0.1, 0.15) is 41.0 Å². The Balaban J connectivity index is 1.87. The van der Waals surface area contributed by atoms with Gasteiger partial charge in [0.25, 0.3) is 5.91 Å². The predicted octanol–water partition coefficient (Wildman–Crippen LogP) is 3.12. The van der Waals surface area contributed by atoms with Gasteiger partial charge in [0, 0.05) is 24.3 Å². The Morgan fingerprint density at radius 2 is 2.00 bits per heavy atom. The van der Waals surface area contributed by atoms with Gasteiger partial charge in [-0.3, -0.25) is 9.89 Å². The molecule has 1 amide bonds. The van der Waals surface area contributed by atoms with Gasteiger partial charge < -0.3 is 24.6 Å². The lowest BCUT2D eigenvalue weighted by Crippen LogP contribution is -2.31. The molecule has 0 saturated carbocycles. The summed E-state index contributed by atoms with van der Waals surface area (Å²) in [6.07, 6.45) is 0.444. The molecule has 2 aromatic carbocycles. The molecule has 8 nitrogen and oxygen atoms in total. The number of carbonyl (C=O) groups excluding carboxylic acids is 1. The van der Waals surface area contributed by atoms with E-state index in [0.29, 0.717) is 53.6 Å². The van der Waals surface area contributed by atoms with E-state index in [0.717, 1.165) is 5.56 Å². The number of nitrogens with zero attached hydrogens (tertiary/aromatic N) is 2. The number of rotatable bonds is 8. The molecule has 0 spiro atoms. The summed E-state index contributed by atoms with van der Waals surface area (Å²) in [5.74, 6) is 1.07. The van der Waals surface area contributed by atoms with Crippen LogP contribution >= 0.6 is 0 Å². The van der Waals surface area contributed by atoms with Crippen molar-refractivity contribution >= 4 is 5.91 Å². The van der Waals surface area contributed by atoms with Crippen LogP contribution in [-0.4, -0.2) is 58.1 Å². The molecule has 2 heterocycles. The van der Waals surface area contributed by atoms with Crippen molar-refractivity contribution in [2.45, 2.75) is 19.4 Å². The molecule has 0 saturated heterocycles. The molecular weight excluding hydrogens is 398 g/mol. The zero-order valence-electron chi connectivity index (χ0n) is 17.5. The van der Waals surface area contributed by atoms with Gasteiger partial charge in [-0.15, -0.1) is 0 Å². The lowest BCUT2D eigenvalue weighted by molar-refractivity contribution is 0.0732. The van der Waals surface area contributed by atoms with Crippen LogP contribution in [0.5, 0.6) is 17.2 Å². The highest BCUT2D eigenvalue weighted by molar-refractivity contribution is 6.00. The van der Waals surface area contributed by atoms with Crippen molar-refractivity contribution in [1.29, 1.82) is 0 Å². The fourth-order valence-corrected chi connectivity index (χ4v) is 4.02. The molecule has 162 valence electrons. The average Bonchev–Trinajstić information content (AvgIpc) is 3.32. The summed E-state index contributed by atoms with van der Waals surface area (Å²) in [6, 6.07) is 12.0. The summed E-state index contributed by atoms with van der Waals surface area (Å²) >= 11 is 0. The standard InChI is InChI=1S/C23H25N3O5/c1-3-31-17-10-9-14(13-18(17)30-2)22-19-20(15-7-4-5-8-16(15)28)24-25-21(19)23(29)26(22)11-6-12-27/h4-5,7-10,13,22,27-28H,3,6,11-12H2,1-2H3,(H,24,25). The number of fused-ring (bicyclic) bond motifs is 1. The maximum Gasteiger partial charge on any atom is 0.273 e. The zero-order chi connectivity index (χ0) is 22.0. The molecular formula is C23H25N3O5. The van der Waals surface area contributed by atoms with Crippen LogP contribution in [0.25, 0.3) is 11.3 Å². The first kappa shape index (κ1) is 20.7.